The number of hydrogen-bond donors (Lipinski definition) is 1. The van der Waals surface area contributed by atoms with Crippen LogP contribution in [0.5, 0.6) is 0 Å². The Morgan fingerprint density at radius 1 is 1.18 bits per heavy atom. The molecule has 5 rings (SSSR count). The van der Waals surface area contributed by atoms with Crippen molar-refractivity contribution in [1.82, 2.24) is 15.3 Å². The number of amides is 1. The van der Waals surface area contributed by atoms with Gasteiger partial charge >= 0.3 is 0 Å². The first-order valence-electron chi connectivity index (χ1n) is 10.9. The summed E-state index contributed by atoms with van der Waals surface area (Å²) >= 11 is 1.40. The molecule has 0 spiro atoms. The molecule has 0 radical (unpaired) electrons. The number of fused-ring (bicyclic) bond motifs is 1. The lowest BCUT2D eigenvalue weighted by Gasteiger charge is -2.46. The maximum Gasteiger partial charge on any atom is 0.257 e. The van der Waals surface area contributed by atoms with Crippen LogP contribution in [0.2, 0.25) is 0 Å². The molecule has 1 aromatic heterocycles. The number of nitrogens with zero attached hydrogens (tertiary/aromatic N) is 3. The van der Waals surface area contributed by atoms with Gasteiger partial charge in [0.1, 0.15) is 23.3 Å². The molecule has 0 saturated carbocycles. The lowest BCUT2D eigenvalue weighted by Crippen LogP contribution is -2.50. The van der Waals surface area contributed by atoms with Crippen LogP contribution < -0.4 is 5.32 Å². The summed E-state index contributed by atoms with van der Waals surface area (Å²) in [6.45, 7) is 1.93. The number of nitrogens with one attached hydrogen (secondary N) is 1. The van der Waals surface area contributed by atoms with E-state index in [1.165, 1.54) is 23.9 Å². The van der Waals surface area contributed by atoms with E-state index in [2.05, 4.69) is 15.3 Å². The second-order valence-electron chi connectivity index (χ2n) is 8.39. The van der Waals surface area contributed by atoms with E-state index < -0.39 is 17.2 Å². The summed E-state index contributed by atoms with van der Waals surface area (Å²) in [5, 5.41) is 3.22. The predicted octanol–water partition coefficient (Wildman–Crippen LogP) is 4.57. The highest BCUT2D eigenvalue weighted by atomic mass is 32.2. The molecule has 1 saturated heterocycles. The van der Waals surface area contributed by atoms with E-state index in [1.807, 2.05) is 19.1 Å². The minimum Gasteiger partial charge on any atom is -0.367 e. The first-order valence-corrected chi connectivity index (χ1v) is 11.9. The van der Waals surface area contributed by atoms with Crippen molar-refractivity contribution in [3.63, 3.8) is 0 Å². The molecule has 3 heterocycles. The number of benzene rings is 2. The zero-order valence-electron chi connectivity index (χ0n) is 18.4. The van der Waals surface area contributed by atoms with Gasteiger partial charge in [0.05, 0.1) is 6.61 Å². The standard InChI is InChI=1S/C25H22F2N4O2S/c1-15-9-10-28-22(29-15)21-11-17-13-34-24(30-23(32)16-5-3-2-4-6-16)31-25(17,14-33-21)19-8-7-18(26)12-20(19)27/h2-10,12,17,21H,11,13-14H2,1H3,(H,30,31,32). The number of hydrogen-bond acceptors (Lipinski definition) is 6. The smallest absolute Gasteiger partial charge is 0.257 e. The van der Waals surface area contributed by atoms with Gasteiger partial charge < -0.3 is 10.1 Å². The highest BCUT2D eigenvalue weighted by Crippen LogP contribution is 2.49. The molecule has 3 unspecified atom stereocenters. The summed E-state index contributed by atoms with van der Waals surface area (Å²) in [5.74, 6) is -0.658. The molecule has 2 aliphatic rings. The van der Waals surface area contributed by atoms with Crippen LogP contribution in [-0.4, -0.2) is 33.4 Å². The van der Waals surface area contributed by atoms with Gasteiger partial charge in [-0.2, -0.15) is 0 Å². The van der Waals surface area contributed by atoms with Crippen LogP contribution in [-0.2, 0) is 10.3 Å². The van der Waals surface area contributed by atoms with Crippen LogP contribution in [0.25, 0.3) is 0 Å². The summed E-state index contributed by atoms with van der Waals surface area (Å²) in [4.78, 5) is 26.4. The van der Waals surface area contributed by atoms with Crippen molar-refractivity contribution >= 4 is 22.8 Å². The maximum absolute atomic E-state index is 15.0. The number of amidine groups is 1. The van der Waals surface area contributed by atoms with Crippen LogP contribution in [0.1, 0.15) is 40.0 Å². The van der Waals surface area contributed by atoms with Crippen LogP contribution in [0.3, 0.4) is 0 Å². The molecule has 9 heteroatoms. The fourth-order valence-electron chi connectivity index (χ4n) is 4.41. The van der Waals surface area contributed by atoms with E-state index in [0.29, 0.717) is 28.7 Å². The van der Waals surface area contributed by atoms with E-state index in [1.54, 1.807) is 30.5 Å². The van der Waals surface area contributed by atoms with Gasteiger partial charge in [0.25, 0.3) is 5.91 Å². The van der Waals surface area contributed by atoms with Crippen molar-refractivity contribution in [2.24, 2.45) is 10.9 Å². The molecular weight excluding hydrogens is 458 g/mol. The monoisotopic (exact) mass is 480 g/mol. The van der Waals surface area contributed by atoms with Gasteiger partial charge in [0.15, 0.2) is 11.0 Å². The van der Waals surface area contributed by atoms with Gasteiger partial charge in [-0.1, -0.05) is 36.0 Å². The quantitative estimate of drug-likeness (QED) is 0.594. The number of carbonyl (C=O) groups excluding carboxylic acids is 1. The SMILES string of the molecule is Cc1ccnc(C2CC3CSC(NC(=O)c4ccccc4)=NC3(c3ccc(F)cc3F)CO2)n1. The third-order valence-electron chi connectivity index (χ3n) is 6.16. The number of halogens is 2. The van der Waals surface area contributed by atoms with Gasteiger partial charge in [-0.3, -0.25) is 4.79 Å². The Bertz CT molecular complexity index is 1260. The summed E-state index contributed by atoms with van der Waals surface area (Å²) in [6.07, 6.45) is 1.84. The number of thioether (sulfide) groups is 1. The van der Waals surface area contributed by atoms with Gasteiger partial charge in [0, 0.05) is 40.8 Å². The predicted molar refractivity (Wildman–Crippen MR) is 125 cm³/mol. The summed E-state index contributed by atoms with van der Waals surface area (Å²) in [6, 6.07) is 14.1. The molecule has 2 aromatic carbocycles. The summed E-state index contributed by atoms with van der Waals surface area (Å²) in [7, 11) is 0. The second kappa shape index (κ2) is 9.23. The Labute approximate surface area is 199 Å². The molecule has 3 atom stereocenters. The number of carbonyl (C=O) groups is 1. The number of aryl methyl sites for hydroxylation is 1. The Morgan fingerprint density at radius 2 is 2.00 bits per heavy atom. The third kappa shape index (κ3) is 4.33. The van der Waals surface area contributed by atoms with Gasteiger partial charge in [0.2, 0.25) is 0 Å². The van der Waals surface area contributed by atoms with Gasteiger partial charge in [-0.05, 0) is 37.6 Å². The van der Waals surface area contributed by atoms with Crippen molar-refractivity contribution in [3.05, 3.63) is 95.1 Å². The average Bonchev–Trinajstić information content (AvgIpc) is 2.84. The zero-order chi connectivity index (χ0) is 23.7. The molecule has 2 aliphatic heterocycles. The molecule has 0 aliphatic carbocycles. The molecule has 6 nitrogen and oxygen atoms in total. The minimum atomic E-state index is -1.11. The van der Waals surface area contributed by atoms with Gasteiger partial charge in [-0.15, -0.1) is 0 Å². The molecule has 1 amide bonds. The van der Waals surface area contributed by atoms with Crippen molar-refractivity contribution in [3.8, 4) is 0 Å². The first kappa shape index (κ1) is 22.6. The topological polar surface area (TPSA) is 76.5 Å². The molecule has 174 valence electrons. The summed E-state index contributed by atoms with van der Waals surface area (Å²) < 4.78 is 34.9. The Kier molecular flexibility index (Phi) is 6.14. The van der Waals surface area contributed by atoms with Gasteiger partial charge in [-0.25, -0.2) is 23.7 Å². The third-order valence-corrected chi connectivity index (χ3v) is 7.19. The highest BCUT2D eigenvalue weighted by molar-refractivity contribution is 8.13. The molecule has 0 bridgehead atoms. The van der Waals surface area contributed by atoms with E-state index >= 15 is 4.39 Å². The normalized spacial score (nSPS) is 24.1. The number of aromatic nitrogens is 2. The number of ether oxygens (including phenoxy) is 1. The first-order chi connectivity index (χ1) is 16.4. The van der Waals surface area contributed by atoms with E-state index in [-0.39, 0.29) is 30.1 Å². The molecule has 1 N–H and O–H groups in total. The van der Waals surface area contributed by atoms with Crippen LogP contribution in [0.4, 0.5) is 8.78 Å². The largest absolute Gasteiger partial charge is 0.367 e. The van der Waals surface area contributed by atoms with Crippen LogP contribution in [0, 0.1) is 24.5 Å². The fourth-order valence-corrected chi connectivity index (χ4v) is 5.58. The fraction of sp³-hybridized carbons (Fsp3) is 0.280. The Hall–Kier alpha value is -3.17. The average molecular weight is 481 g/mol. The molecular formula is C25H22F2N4O2S. The molecule has 1 fully saturated rings. The summed E-state index contributed by atoms with van der Waals surface area (Å²) in [5.41, 5.74) is 0.459. The maximum atomic E-state index is 15.0. The van der Waals surface area contributed by atoms with E-state index in [9.17, 15) is 9.18 Å². The lowest BCUT2D eigenvalue weighted by atomic mass is 9.75. The van der Waals surface area contributed by atoms with Crippen LogP contribution >= 0.6 is 11.8 Å². The number of aliphatic imine (C=N–C) groups is 1. The van der Waals surface area contributed by atoms with Crippen LogP contribution in [0.15, 0.2) is 65.8 Å². The number of rotatable bonds is 3. The van der Waals surface area contributed by atoms with Crippen molar-refractivity contribution < 1.29 is 18.3 Å². The highest BCUT2D eigenvalue weighted by Gasteiger charge is 2.50. The van der Waals surface area contributed by atoms with Crippen molar-refractivity contribution in [2.45, 2.75) is 25.0 Å². The Balaban J connectivity index is 1.50. The minimum absolute atomic E-state index is 0.0491. The Morgan fingerprint density at radius 3 is 2.76 bits per heavy atom. The van der Waals surface area contributed by atoms with E-state index in [0.717, 1.165) is 11.8 Å². The van der Waals surface area contributed by atoms with Crippen molar-refractivity contribution in [2.75, 3.05) is 12.4 Å². The second-order valence-corrected chi connectivity index (χ2v) is 9.39. The zero-order valence-corrected chi connectivity index (χ0v) is 19.2. The molecule has 3 aromatic rings. The van der Waals surface area contributed by atoms with E-state index in [4.69, 9.17) is 9.73 Å². The molecule has 34 heavy (non-hydrogen) atoms. The lowest BCUT2D eigenvalue weighted by molar-refractivity contribution is -0.0627. The van der Waals surface area contributed by atoms with Crippen molar-refractivity contribution in [1.29, 1.82) is 0 Å².